The molecule has 3 rings (SSSR count). The molecule has 0 radical (unpaired) electrons. The van der Waals surface area contributed by atoms with Crippen molar-refractivity contribution in [1.29, 1.82) is 0 Å². The molecule has 1 heterocycles. The Kier molecular flexibility index (Phi) is 5.09. The largest absolute Gasteiger partial charge is 0.318 e. The van der Waals surface area contributed by atoms with Crippen molar-refractivity contribution in [2.75, 3.05) is 10.6 Å². The summed E-state index contributed by atoms with van der Waals surface area (Å²) in [6, 6.07) is 12.8. The van der Waals surface area contributed by atoms with Crippen molar-refractivity contribution in [2.45, 2.75) is 26.2 Å². The molecule has 0 aliphatic heterocycles. The fourth-order valence-corrected chi connectivity index (χ4v) is 2.53. The normalized spacial score (nSPS) is 10.6. The summed E-state index contributed by atoms with van der Waals surface area (Å²) in [5.74, 6) is -1.42. The molecule has 0 unspecified atom stereocenters. The van der Waals surface area contributed by atoms with Gasteiger partial charge in [0.2, 0.25) is 0 Å². The first-order valence-corrected chi connectivity index (χ1v) is 8.30. The zero-order valence-electron chi connectivity index (χ0n) is 14.0. The third-order valence-electron chi connectivity index (χ3n) is 3.94. The van der Waals surface area contributed by atoms with Gasteiger partial charge >= 0.3 is 11.8 Å². The van der Waals surface area contributed by atoms with Gasteiger partial charge < -0.3 is 10.6 Å². The van der Waals surface area contributed by atoms with Gasteiger partial charge in [-0.3, -0.25) is 14.7 Å². The van der Waals surface area contributed by atoms with Crippen molar-refractivity contribution >= 4 is 34.1 Å². The molecule has 3 aromatic rings. The Bertz CT molecular complexity index is 884. The smallest absolute Gasteiger partial charge is 0.314 e. The zero-order valence-corrected chi connectivity index (χ0v) is 14.0. The van der Waals surface area contributed by atoms with E-state index in [9.17, 15) is 9.59 Å². The minimum atomic E-state index is -0.714. The van der Waals surface area contributed by atoms with E-state index in [1.54, 1.807) is 18.3 Å². The number of nitrogens with zero attached hydrogens (tertiary/aromatic N) is 1. The van der Waals surface area contributed by atoms with Gasteiger partial charge in [-0.1, -0.05) is 25.5 Å². The first-order chi connectivity index (χ1) is 12.2. The molecule has 2 amide bonds. The van der Waals surface area contributed by atoms with Crippen LogP contribution in [0, 0.1) is 0 Å². The summed E-state index contributed by atoms with van der Waals surface area (Å²) >= 11 is 0. The van der Waals surface area contributed by atoms with Crippen molar-refractivity contribution in [2.24, 2.45) is 0 Å². The molecule has 0 atom stereocenters. The van der Waals surface area contributed by atoms with Crippen LogP contribution in [0.5, 0.6) is 0 Å². The Morgan fingerprint density at radius 1 is 1.00 bits per heavy atom. The number of hydrogen-bond donors (Lipinski definition) is 3. The minimum Gasteiger partial charge on any atom is -0.318 e. The molecule has 2 aromatic carbocycles. The van der Waals surface area contributed by atoms with Crippen molar-refractivity contribution in [3.8, 4) is 0 Å². The second-order valence-corrected chi connectivity index (χ2v) is 5.88. The SMILES string of the molecule is CCCCc1ccc(NC(=O)C(=O)Nc2ccc3cn[nH]c3c2)cc1. The standard InChI is InChI=1S/C19H20N4O2/c1-2-3-4-13-5-8-15(9-6-13)21-18(24)19(25)22-16-10-7-14-12-20-23-17(14)11-16/h5-12H,2-4H2,1H3,(H,20,23)(H,21,24)(H,22,25). The number of carbonyl (C=O) groups excluding carboxylic acids is 2. The lowest BCUT2D eigenvalue weighted by molar-refractivity contribution is -0.132. The minimum absolute atomic E-state index is 0.534. The van der Waals surface area contributed by atoms with Crippen LogP contribution in [0.25, 0.3) is 10.9 Å². The monoisotopic (exact) mass is 336 g/mol. The number of hydrogen-bond acceptors (Lipinski definition) is 3. The van der Waals surface area contributed by atoms with Gasteiger partial charge in [0, 0.05) is 16.8 Å². The van der Waals surface area contributed by atoms with Crippen molar-refractivity contribution in [3.63, 3.8) is 0 Å². The van der Waals surface area contributed by atoms with Crippen molar-refractivity contribution < 1.29 is 9.59 Å². The highest BCUT2D eigenvalue weighted by molar-refractivity contribution is 6.43. The van der Waals surface area contributed by atoms with Gasteiger partial charge in [-0.15, -0.1) is 0 Å². The van der Waals surface area contributed by atoms with Gasteiger partial charge in [0.05, 0.1) is 11.7 Å². The zero-order chi connectivity index (χ0) is 17.6. The molecule has 128 valence electrons. The van der Waals surface area contributed by atoms with Gasteiger partial charge in [0.25, 0.3) is 0 Å². The average Bonchev–Trinajstić information content (AvgIpc) is 3.09. The van der Waals surface area contributed by atoms with Gasteiger partial charge in [-0.05, 0) is 48.7 Å². The van der Waals surface area contributed by atoms with Gasteiger partial charge in [-0.25, -0.2) is 0 Å². The Balaban J connectivity index is 1.59. The molecule has 3 N–H and O–H groups in total. The topological polar surface area (TPSA) is 86.9 Å². The summed E-state index contributed by atoms with van der Waals surface area (Å²) in [7, 11) is 0. The van der Waals surface area contributed by atoms with E-state index in [4.69, 9.17) is 0 Å². The van der Waals surface area contributed by atoms with E-state index in [-0.39, 0.29) is 0 Å². The third-order valence-corrected chi connectivity index (χ3v) is 3.94. The lowest BCUT2D eigenvalue weighted by Gasteiger charge is -2.07. The van der Waals surface area contributed by atoms with Crippen LogP contribution >= 0.6 is 0 Å². The number of anilines is 2. The van der Waals surface area contributed by atoms with E-state index in [1.165, 1.54) is 5.56 Å². The van der Waals surface area contributed by atoms with E-state index >= 15 is 0 Å². The maximum atomic E-state index is 12.1. The Morgan fingerprint density at radius 2 is 1.68 bits per heavy atom. The molecule has 0 spiro atoms. The summed E-state index contributed by atoms with van der Waals surface area (Å²) in [4.78, 5) is 24.1. The van der Waals surface area contributed by atoms with Crippen LogP contribution in [-0.4, -0.2) is 22.0 Å². The molecule has 6 heteroatoms. The molecule has 1 aromatic heterocycles. The second-order valence-electron chi connectivity index (χ2n) is 5.88. The Labute approximate surface area is 145 Å². The number of rotatable bonds is 5. The predicted octanol–water partition coefficient (Wildman–Crippen LogP) is 3.48. The lowest BCUT2D eigenvalue weighted by Crippen LogP contribution is -2.29. The van der Waals surface area contributed by atoms with Crippen LogP contribution in [0.2, 0.25) is 0 Å². The van der Waals surface area contributed by atoms with E-state index in [0.717, 1.165) is 30.2 Å². The fourth-order valence-electron chi connectivity index (χ4n) is 2.53. The molecule has 0 aliphatic rings. The maximum Gasteiger partial charge on any atom is 0.314 e. The van der Waals surface area contributed by atoms with Crippen LogP contribution in [0.15, 0.2) is 48.7 Å². The van der Waals surface area contributed by atoms with Crippen molar-refractivity contribution in [3.05, 3.63) is 54.2 Å². The number of aryl methyl sites for hydroxylation is 1. The summed E-state index contributed by atoms with van der Waals surface area (Å²) in [5.41, 5.74) is 3.15. The molecular weight excluding hydrogens is 316 g/mol. The quantitative estimate of drug-likeness (QED) is 0.623. The molecular formula is C19H20N4O2. The first kappa shape index (κ1) is 16.7. The van der Waals surface area contributed by atoms with Crippen molar-refractivity contribution in [1.82, 2.24) is 10.2 Å². The van der Waals surface area contributed by atoms with E-state index in [2.05, 4.69) is 27.8 Å². The van der Waals surface area contributed by atoms with E-state index in [0.29, 0.717) is 11.4 Å². The number of amides is 2. The number of aromatic nitrogens is 2. The van der Waals surface area contributed by atoms with Crippen LogP contribution < -0.4 is 10.6 Å². The number of fused-ring (bicyclic) bond motifs is 1. The summed E-state index contributed by atoms with van der Waals surface area (Å²) < 4.78 is 0. The number of H-pyrrole nitrogens is 1. The van der Waals surface area contributed by atoms with Crippen LogP contribution in [-0.2, 0) is 16.0 Å². The number of carbonyl (C=O) groups is 2. The van der Waals surface area contributed by atoms with E-state index < -0.39 is 11.8 Å². The Hall–Kier alpha value is -3.15. The number of benzene rings is 2. The average molecular weight is 336 g/mol. The molecule has 6 nitrogen and oxygen atoms in total. The highest BCUT2D eigenvalue weighted by Gasteiger charge is 2.14. The lowest BCUT2D eigenvalue weighted by atomic mass is 10.1. The predicted molar refractivity (Wildman–Crippen MR) is 98.4 cm³/mol. The molecule has 25 heavy (non-hydrogen) atoms. The number of unbranched alkanes of at least 4 members (excludes halogenated alkanes) is 1. The number of aromatic amines is 1. The molecule has 0 fully saturated rings. The maximum absolute atomic E-state index is 12.1. The summed E-state index contributed by atoms with van der Waals surface area (Å²) in [6.07, 6.45) is 4.98. The highest BCUT2D eigenvalue weighted by Crippen LogP contribution is 2.17. The molecule has 0 bridgehead atoms. The third kappa shape index (κ3) is 4.23. The fraction of sp³-hybridized carbons (Fsp3) is 0.211. The Morgan fingerprint density at radius 3 is 2.40 bits per heavy atom. The highest BCUT2D eigenvalue weighted by atomic mass is 16.2. The van der Waals surface area contributed by atoms with Crippen LogP contribution in [0.4, 0.5) is 11.4 Å². The number of nitrogens with one attached hydrogen (secondary N) is 3. The molecule has 0 saturated carbocycles. The summed E-state index contributed by atoms with van der Waals surface area (Å²) in [6.45, 7) is 2.15. The van der Waals surface area contributed by atoms with Gasteiger partial charge in [-0.2, -0.15) is 5.10 Å². The van der Waals surface area contributed by atoms with Gasteiger partial charge in [0.1, 0.15) is 0 Å². The second kappa shape index (κ2) is 7.61. The summed E-state index contributed by atoms with van der Waals surface area (Å²) in [5, 5.41) is 12.9. The van der Waals surface area contributed by atoms with Crippen LogP contribution in [0.3, 0.4) is 0 Å². The van der Waals surface area contributed by atoms with Crippen LogP contribution in [0.1, 0.15) is 25.3 Å². The van der Waals surface area contributed by atoms with E-state index in [1.807, 2.05) is 30.3 Å². The molecule has 0 aliphatic carbocycles. The van der Waals surface area contributed by atoms with Gasteiger partial charge in [0.15, 0.2) is 0 Å². The first-order valence-electron chi connectivity index (χ1n) is 8.30. The molecule has 0 saturated heterocycles.